The molecular weight excluding hydrogens is 243 g/mol. The Morgan fingerprint density at radius 1 is 1.16 bits per heavy atom. The van der Waals surface area contributed by atoms with Gasteiger partial charge in [-0.15, -0.1) is 0 Å². The summed E-state index contributed by atoms with van der Waals surface area (Å²) in [6, 6.07) is 4.06. The minimum atomic E-state index is -0.388. The Hall–Kier alpha value is -1.58. The van der Waals surface area contributed by atoms with Gasteiger partial charge in [-0.05, 0) is 31.0 Å². The summed E-state index contributed by atoms with van der Waals surface area (Å²) in [5.74, 6) is -0.314. The lowest BCUT2D eigenvalue weighted by atomic mass is 9.90. The van der Waals surface area contributed by atoms with Crippen molar-refractivity contribution >= 4 is 17.3 Å². The Balaban J connectivity index is 1.98. The lowest BCUT2D eigenvalue weighted by Gasteiger charge is -2.19. The van der Waals surface area contributed by atoms with Crippen molar-refractivity contribution < 1.29 is 9.18 Å². The molecule has 1 aliphatic rings. The molecule has 0 heterocycles. The third-order valence-electron chi connectivity index (χ3n) is 3.75. The lowest BCUT2D eigenvalue weighted by Crippen LogP contribution is -2.24. The Bertz CT molecular complexity index is 440. The number of hydrogen-bond acceptors (Lipinski definition) is 2. The second kappa shape index (κ2) is 6.55. The fourth-order valence-corrected chi connectivity index (χ4v) is 2.60. The largest absolute Gasteiger partial charge is 0.397 e. The average molecular weight is 264 g/mol. The SMILES string of the molecule is Nc1cc(F)ccc1NC(=O)C1CCCCCCC1. The van der Waals surface area contributed by atoms with Crippen molar-refractivity contribution in [3.8, 4) is 0 Å². The lowest BCUT2D eigenvalue weighted by molar-refractivity contribution is -0.120. The number of nitrogen functional groups attached to an aromatic ring is 1. The normalized spacial score (nSPS) is 17.5. The van der Waals surface area contributed by atoms with Crippen LogP contribution in [0.4, 0.5) is 15.8 Å². The zero-order valence-corrected chi connectivity index (χ0v) is 11.1. The van der Waals surface area contributed by atoms with Gasteiger partial charge in [0, 0.05) is 5.92 Å². The Kier molecular flexibility index (Phi) is 4.77. The standard InChI is InChI=1S/C15H21FN2O/c16-12-8-9-14(13(17)10-12)18-15(19)11-6-4-2-1-3-5-7-11/h8-11H,1-7,17H2,(H,18,19). The van der Waals surface area contributed by atoms with Crippen LogP contribution in [0.15, 0.2) is 18.2 Å². The summed E-state index contributed by atoms with van der Waals surface area (Å²) < 4.78 is 12.9. The summed E-state index contributed by atoms with van der Waals surface area (Å²) >= 11 is 0. The van der Waals surface area contributed by atoms with Gasteiger partial charge >= 0.3 is 0 Å². The highest BCUT2D eigenvalue weighted by Crippen LogP contribution is 2.25. The monoisotopic (exact) mass is 264 g/mol. The van der Waals surface area contributed by atoms with E-state index in [0.717, 1.165) is 25.7 Å². The molecule has 3 N–H and O–H groups in total. The molecule has 1 aromatic carbocycles. The highest BCUT2D eigenvalue weighted by atomic mass is 19.1. The molecule has 0 radical (unpaired) electrons. The van der Waals surface area contributed by atoms with Crippen LogP contribution in [0, 0.1) is 11.7 Å². The molecule has 1 saturated carbocycles. The van der Waals surface area contributed by atoms with Crippen LogP contribution in [0.3, 0.4) is 0 Å². The number of hydrogen-bond donors (Lipinski definition) is 2. The maximum Gasteiger partial charge on any atom is 0.227 e. The quantitative estimate of drug-likeness (QED) is 0.800. The van der Waals surface area contributed by atoms with Gasteiger partial charge in [0.25, 0.3) is 0 Å². The fourth-order valence-electron chi connectivity index (χ4n) is 2.60. The van der Waals surface area contributed by atoms with E-state index >= 15 is 0 Å². The highest BCUT2D eigenvalue weighted by molar-refractivity contribution is 5.95. The van der Waals surface area contributed by atoms with Crippen LogP contribution in [0.1, 0.15) is 44.9 Å². The third kappa shape index (κ3) is 3.94. The third-order valence-corrected chi connectivity index (χ3v) is 3.75. The van der Waals surface area contributed by atoms with Crippen molar-refractivity contribution in [2.75, 3.05) is 11.1 Å². The summed E-state index contributed by atoms with van der Waals surface area (Å²) in [6.45, 7) is 0. The molecule has 3 nitrogen and oxygen atoms in total. The predicted molar refractivity (Wildman–Crippen MR) is 75.3 cm³/mol. The predicted octanol–water partition coefficient (Wildman–Crippen LogP) is 3.71. The summed E-state index contributed by atoms with van der Waals surface area (Å²) in [4.78, 5) is 12.2. The summed E-state index contributed by atoms with van der Waals surface area (Å²) in [5.41, 5.74) is 6.49. The molecule has 0 bridgehead atoms. The molecule has 0 atom stereocenters. The molecule has 1 aliphatic carbocycles. The van der Waals surface area contributed by atoms with E-state index in [1.165, 1.54) is 37.5 Å². The zero-order chi connectivity index (χ0) is 13.7. The van der Waals surface area contributed by atoms with E-state index in [1.54, 1.807) is 0 Å². The number of nitrogens with one attached hydrogen (secondary N) is 1. The Morgan fingerprint density at radius 3 is 2.42 bits per heavy atom. The van der Waals surface area contributed by atoms with E-state index in [-0.39, 0.29) is 23.3 Å². The van der Waals surface area contributed by atoms with Gasteiger partial charge in [-0.3, -0.25) is 4.79 Å². The summed E-state index contributed by atoms with van der Waals surface area (Å²) in [6.07, 6.45) is 7.79. The van der Waals surface area contributed by atoms with Gasteiger partial charge in [-0.1, -0.05) is 32.1 Å². The number of carbonyl (C=O) groups is 1. The van der Waals surface area contributed by atoms with Crippen LogP contribution in [0.25, 0.3) is 0 Å². The first-order valence-corrected chi connectivity index (χ1v) is 7.02. The van der Waals surface area contributed by atoms with E-state index in [0.29, 0.717) is 5.69 Å². The molecule has 19 heavy (non-hydrogen) atoms. The number of anilines is 2. The number of carbonyl (C=O) groups excluding carboxylic acids is 1. The van der Waals surface area contributed by atoms with Crippen LogP contribution in [0.5, 0.6) is 0 Å². The first-order valence-electron chi connectivity index (χ1n) is 7.02. The second-order valence-corrected chi connectivity index (χ2v) is 5.26. The second-order valence-electron chi connectivity index (χ2n) is 5.26. The van der Waals surface area contributed by atoms with Gasteiger partial charge < -0.3 is 11.1 Å². The molecule has 0 spiro atoms. The van der Waals surface area contributed by atoms with Gasteiger partial charge in [0.15, 0.2) is 0 Å². The molecule has 2 rings (SSSR count). The van der Waals surface area contributed by atoms with Crippen LogP contribution in [-0.2, 0) is 4.79 Å². The zero-order valence-electron chi connectivity index (χ0n) is 11.1. The maximum atomic E-state index is 12.9. The number of nitrogens with two attached hydrogens (primary N) is 1. The Morgan fingerprint density at radius 2 is 1.79 bits per heavy atom. The van der Waals surface area contributed by atoms with Crippen molar-refractivity contribution in [1.82, 2.24) is 0 Å². The number of benzene rings is 1. The molecule has 4 heteroatoms. The molecule has 104 valence electrons. The van der Waals surface area contributed by atoms with E-state index < -0.39 is 0 Å². The van der Waals surface area contributed by atoms with Crippen molar-refractivity contribution in [2.45, 2.75) is 44.9 Å². The summed E-state index contributed by atoms with van der Waals surface area (Å²) in [5, 5.41) is 2.82. The Labute approximate surface area is 113 Å². The number of rotatable bonds is 2. The highest BCUT2D eigenvalue weighted by Gasteiger charge is 2.19. The van der Waals surface area contributed by atoms with E-state index in [1.807, 2.05) is 0 Å². The summed E-state index contributed by atoms with van der Waals surface area (Å²) in [7, 11) is 0. The first kappa shape index (κ1) is 13.8. The van der Waals surface area contributed by atoms with Crippen LogP contribution in [0.2, 0.25) is 0 Å². The van der Waals surface area contributed by atoms with Crippen molar-refractivity contribution in [3.05, 3.63) is 24.0 Å². The van der Waals surface area contributed by atoms with Crippen LogP contribution in [-0.4, -0.2) is 5.91 Å². The van der Waals surface area contributed by atoms with Gasteiger partial charge in [0.2, 0.25) is 5.91 Å². The molecule has 1 fully saturated rings. The van der Waals surface area contributed by atoms with Crippen molar-refractivity contribution in [3.63, 3.8) is 0 Å². The van der Waals surface area contributed by atoms with E-state index in [9.17, 15) is 9.18 Å². The first-order chi connectivity index (χ1) is 9.16. The maximum absolute atomic E-state index is 12.9. The fraction of sp³-hybridized carbons (Fsp3) is 0.533. The number of amides is 1. The molecule has 0 saturated heterocycles. The van der Waals surface area contributed by atoms with E-state index in [4.69, 9.17) is 5.73 Å². The molecule has 1 amide bonds. The van der Waals surface area contributed by atoms with Crippen molar-refractivity contribution in [1.29, 1.82) is 0 Å². The molecule has 0 aliphatic heterocycles. The molecule has 1 aromatic rings. The van der Waals surface area contributed by atoms with Crippen molar-refractivity contribution in [2.24, 2.45) is 5.92 Å². The van der Waals surface area contributed by atoms with Gasteiger partial charge in [0.05, 0.1) is 11.4 Å². The molecule has 0 aromatic heterocycles. The van der Waals surface area contributed by atoms with Gasteiger partial charge in [-0.25, -0.2) is 4.39 Å². The minimum absolute atomic E-state index is 0.0141. The van der Waals surface area contributed by atoms with Gasteiger partial charge in [0.1, 0.15) is 5.82 Å². The molecular formula is C15H21FN2O. The topological polar surface area (TPSA) is 55.1 Å². The van der Waals surface area contributed by atoms with Crippen LogP contribution < -0.4 is 11.1 Å². The average Bonchev–Trinajstić information content (AvgIpc) is 2.32. The number of halogens is 1. The van der Waals surface area contributed by atoms with Gasteiger partial charge in [-0.2, -0.15) is 0 Å². The smallest absolute Gasteiger partial charge is 0.227 e. The van der Waals surface area contributed by atoms with Crippen LogP contribution >= 0.6 is 0 Å². The molecule has 0 unspecified atom stereocenters. The minimum Gasteiger partial charge on any atom is -0.397 e. The van der Waals surface area contributed by atoms with E-state index in [2.05, 4.69) is 5.32 Å².